The molecule has 0 spiro atoms. The summed E-state index contributed by atoms with van der Waals surface area (Å²) >= 11 is 0. The van der Waals surface area contributed by atoms with Gasteiger partial charge in [0, 0.05) is 5.56 Å². The zero-order valence-corrected chi connectivity index (χ0v) is 5.82. The Balaban J connectivity index is 2.51. The topological polar surface area (TPSA) is 26.0 Å². The quantitative estimate of drug-likeness (QED) is 0.617. The normalized spacial score (nSPS) is 11.1. The molecular weight excluding hydrogens is 138 g/mol. The molecule has 2 nitrogen and oxygen atoms in total. The lowest BCUT2D eigenvalue weighted by molar-refractivity contribution is 0.572. The maximum Gasteiger partial charge on any atom is 0.181 e. The molecule has 0 aliphatic rings. The van der Waals surface area contributed by atoms with Gasteiger partial charge in [0.2, 0.25) is 0 Å². The van der Waals surface area contributed by atoms with Crippen molar-refractivity contribution < 1.29 is 5.79 Å². The first kappa shape index (κ1) is 5.13. The number of rotatable bonds is 1. The van der Waals surface area contributed by atoms with Crippen molar-refractivity contribution in [1.29, 1.82) is 0 Å². The van der Waals surface area contributed by atoms with Crippen molar-refractivity contribution in [3.63, 3.8) is 0 Å². The summed E-state index contributed by atoms with van der Waals surface area (Å²) in [6.07, 6.45) is 1.46. The third-order valence-corrected chi connectivity index (χ3v) is 1.43. The molecule has 2 aromatic rings. The Kier molecular flexibility index (Phi) is 1.20. The summed E-state index contributed by atoms with van der Waals surface area (Å²) < 4.78 is 12.4. The number of nitrogens with zero attached hydrogens (tertiary/aromatic N) is 1. The molecule has 0 fully saturated rings. The molecule has 0 radical (unpaired) electrons. The highest BCUT2D eigenvalue weighted by atomic mass is 16.3. The second kappa shape index (κ2) is 2.58. The number of benzene rings is 1. The summed E-state index contributed by atoms with van der Waals surface area (Å²) in [5.41, 5.74) is 0.889. The zero-order valence-electron chi connectivity index (χ0n) is 6.82. The number of hydrogen-bond acceptors (Lipinski definition) is 2. The van der Waals surface area contributed by atoms with E-state index in [1.54, 1.807) is 0 Å². The third kappa shape index (κ3) is 1.15. The van der Waals surface area contributed by atoms with Gasteiger partial charge in [0.15, 0.2) is 12.2 Å². The average molecular weight is 146 g/mol. The van der Waals surface area contributed by atoms with Crippen molar-refractivity contribution in [2.75, 3.05) is 0 Å². The van der Waals surface area contributed by atoms with Gasteiger partial charge in [0.1, 0.15) is 0 Å². The van der Waals surface area contributed by atoms with E-state index in [2.05, 4.69) is 4.98 Å². The Morgan fingerprint density at radius 2 is 2.09 bits per heavy atom. The van der Waals surface area contributed by atoms with Crippen LogP contribution in [-0.2, 0) is 0 Å². The van der Waals surface area contributed by atoms with Crippen LogP contribution >= 0.6 is 0 Å². The van der Waals surface area contributed by atoms with Gasteiger partial charge in [0.05, 0.1) is 7.54 Å². The fourth-order valence-electron chi connectivity index (χ4n) is 0.913. The Morgan fingerprint density at radius 3 is 2.73 bits per heavy atom. The molecule has 0 saturated heterocycles. The van der Waals surface area contributed by atoms with E-state index in [1.165, 1.54) is 6.39 Å². The molecule has 0 saturated carbocycles. The molecule has 0 bridgehead atoms. The Hall–Kier alpha value is -1.57. The van der Waals surface area contributed by atoms with Crippen LogP contribution in [0.2, 0.25) is 0 Å². The maximum absolute atomic E-state index is 7.38. The predicted molar refractivity (Wildman–Crippen MR) is 41.9 cm³/mol. The van der Waals surface area contributed by atoms with Gasteiger partial charge >= 0.3 is 0 Å². The molecule has 11 heavy (non-hydrogen) atoms. The molecular formula is C9H7NO. The third-order valence-electron chi connectivity index (χ3n) is 1.43. The maximum atomic E-state index is 7.38. The van der Waals surface area contributed by atoms with Crippen molar-refractivity contribution in [3.8, 4) is 11.3 Å². The highest BCUT2D eigenvalue weighted by Gasteiger charge is 1.97. The van der Waals surface area contributed by atoms with Gasteiger partial charge in [-0.05, 0) is 0 Å². The van der Waals surface area contributed by atoms with Crippen molar-refractivity contribution in [2.24, 2.45) is 0 Å². The van der Waals surface area contributed by atoms with Crippen LogP contribution in [0.3, 0.4) is 0 Å². The summed E-state index contributed by atoms with van der Waals surface area (Å²) in [7, 11) is 0. The second-order valence-corrected chi connectivity index (χ2v) is 2.16. The van der Waals surface area contributed by atoms with E-state index in [1.807, 2.05) is 30.3 Å². The van der Waals surface area contributed by atoms with Gasteiger partial charge in [-0.1, -0.05) is 30.3 Å². The van der Waals surface area contributed by atoms with E-state index in [0.717, 1.165) is 5.56 Å². The first-order valence-corrected chi connectivity index (χ1v) is 3.33. The molecule has 0 aliphatic heterocycles. The minimum Gasteiger partial charge on any atom is -0.444 e. The molecule has 2 heteroatoms. The molecule has 0 aliphatic carbocycles. The monoisotopic (exact) mass is 146 g/mol. The summed E-state index contributed by atoms with van der Waals surface area (Å²) in [4.78, 5) is 3.69. The molecule has 0 atom stereocenters. The van der Waals surface area contributed by atoms with Crippen LogP contribution in [0.15, 0.2) is 47.3 Å². The van der Waals surface area contributed by atoms with E-state index < -0.39 is 0 Å². The van der Waals surface area contributed by atoms with Gasteiger partial charge < -0.3 is 4.42 Å². The molecule has 0 amide bonds. The van der Waals surface area contributed by atoms with Gasteiger partial charge in [-0.3, -0.25) is 0 Å². The molecule has 1 heterocycles. The Labute approximate surface area is 65.9 Å². The average Bonchev–Trinajstić information content (AvgIpc) is 2.53. The number of aromatic nitrogens is 1. The lowest BCUT2D eigenvalue weighted by atomic mass is 10.2. The molecule has 0 unspecified atom stereocenters. The van der Waals surface area contributed by atoms with Crippen LogP contribution in [0.25, 0.3) is 11.3 Å². The smallest absolute Gasteiger partial charge is 0.181 e. The first-order chi connectivity index (χ1) is 5.88. The van der Waals surface area contributed by atoms with Crippen LogP contribution in [-0.4, -0.2) is 4.98 Å². The fraction of sp³-hybridized carbons (Fsp3) is 0. The summed E-state index contributed by atoms with van der Waals surface area (Å²) in [6.45, 7) is 0. The van der Waals surface area contributed by atoms with Crippen LogP contribution in [0, 0.1) is 0 Å². The van der Waals surface area contributed by atoms with E-state index >= 15 is 0 Å². The molecule has 1 aromatic carbocycles. The minimum atomic E-state index is 0.182. The number of oxazole rings is 1. The fourth-order valence-corrected chi connectivity index (χ4v) is 0.913. The molecule has 54 valence electrons. The van der Waals surface area contributed by atoms with Gasteiger partial charge in [0.25, 0.3) is 0 Å². The molecule has 2 rings (SSSR count). The highest BCUT2D eigenvalue weighted by Crippen LogP contribution is 2.16. The van der Waals surface area contributed by atoms with Gasteiger partial charge in [-0.25, -0.2) is 4.98 Å². The van der Waals surface area contributed by atoms with Gasteiger partial charge in [-0.2, -0.15) is 0 Å². The van der Waals surface area contributed by atoms with E-state index in [0.29, 0.717) is 5.76 Å². The van der Waals surface area contributed by atoms with Crippen LogP contribution < -0.4 is 0 Å². The number of hydrogen-bond donors (Lipinski definition) is 0. The van der Waals surface area contributed by atoms with E-state index in [4.69, 9.17) is 5.79 Å². The first-order valence-electron chi connectivity index (χ1n) is 3.83. The van der Waals surface area contributed by atoms with E-state index in [9.17, 15) is 0 Å². The van der Waals surface area contributed by atoms with Gasteiger partial charge in [-0.15, -0.1) is 0 Å². The lowest BCUT2D eigenvalue weighted by Crippen LogP contribution is -1.69. The summed E-state index contributed by atoms with van der Waals surface area (Å²) in [5.74, 6) is 0.524. The minimum absolute atomic E-state index is 0.182. The SMILES string of the molecule is [2H]c1ncoc1-c1ccccc1. The summed E-state index contributed by atoms with van der Waals surface area (Å²) in [5, 5.41) is 0. The largest absolute Gasteiger partial charge is 0.444 e. The highest BCUT2D eigenvalue weighted by molar-refractivity contribution is 5.55. The Bertz CT molecular complexity index is 369. The van der Waals surface area contributed by atoms with Crippen molar-refractivity contribution in [1.82, 2.24) is 4.98 Å². The predicted octanol–water partition coefficient (Wildman–Crippen LogP) is 2.34. The molecule has 1 aromatic heterocycles. The standard InChI is InChI=1S/C9H7NO/c1-2-4-8(5-3-1)9-6-10-7-11-9/h1-7H/i6D. The van der Waals surface area contributed by atoms with E-state index in [-0.39, 0.29) is 6.17 Å². The van der Waals surface area contributed by atoms with Crippen LogP contribution in [0.5, 0.6) is 0 Å². The summed E-state index contributed by atoms with van der Waals surface area (Å²) in [6, 6.07) is 9.50. The van der Waals surface area contributed by atoms with Crippen LogP contribution in [0.1, 0.15) is 1.37 Å². The Morgan fingerprint density at radius 1 is 1.27 bits per heavy atom. The van der Waals surface area contributed by atoms with Crippen molar-refractivity contribution in [2.45, 2.75) is 0 Å². The molecule has 0 N–H and O–H groups in total. The zero-order chi connectivity index (χ0) is 8.39. The van der Waals surface area contributed by atoms with Crippen LogP contribution in [0.4, 0.5) is 0 Å². The second-order valence-electron chi connectivity index (χ2n) is 2.16. The lowest BCUT2D eigenvalue weighted by Gasteiger charge is -1.91. The van der Waals surface area contributed by atoms with Crippen molar-refractivity contribution >= 4 is 0 Å². The van der Waals surface area contributed by atoms with Crippen molar-refractivity contribution in [3.05, 3.63) is 42.9 Å².